The largest absolute Gasteiger partial charge is 0.466 e. The van der Waals surface area contributed by atoms with E-state index >= 15 is 0 Å². The minimum absolute atomic E-state index is 0.0420. The lowest BCUT2D eigenvalue weighted by molar-refractivity contribution is -0.144. The molecule has 0 heterocycles. The van der Waals surface area contributed by atoms with E-state index in [1.807, 2.05) is 19.1 Å². The van der Waals surface area contributed by atoms with Crippen LogP contribution >= 0.6 is 15.9 Å². The molecule has 1 unspecified atom stereocenters. The van der Waals surface area contributed by atoms with Crippen LogP contribution in [0.15, 0.2) is 28.7 Å². The molecular formula is C17H22BrNO3. The number of nitrogens with one attached hydrogen (secondary N) is 1. The monoisotopic (exact) mass is 367 g/mol. The molecule has 0 aromatic heterocycles. The number of hydrogen-bond acceptors (Lipinski definition) is 3. The summed E-state index contributed by atoms with van der Waals surface area (Å²) >= 11 is 3.44. The molecule has 1 aromatic rings. The summed E-state index contributed by atoms with van der Waals surface area (Å²) in [7, 11) is 0. The number of esters is 1. The Kier molecular flexibility index (Phi) is 5.62. The molecule has 0 saturated heterocycles. The standard InChI is InChI=1S/C17H22BrNO3/c1-3-22-16(21)9-8-15(20)19-12(2)17(10-11-17)13-4-6-14(18)7-5-13/h4-7,12H,3,8-11H2,1-2H3,(H,19,20). The van der Waals surface area contributed by atoms with Crippen LogP contribution in [0.1, 0.15) is 45.1 Å². The Morgan fingerprint density at radius 3 is 2.45 bits per heavy atom. The second-order valence-electron chi connectivity index (χ2n) is 5.76. The van der Waals surface area contributed by atoms with E-state index in [4.69, 9.17) is 4.74 Å². The van der Waals surface area contributed by atoms with Gasteiger partial charge in [0.15, 0.2) is 0 Å². The van der Waals surface area contributed by atoms with Crippen LogP contribution in [0.25, 0.3) is 0 Å². The Hall–Kier alpha value is -1.36. The first kappa shape index (κ1) is 17.0. The lowest BCUT2D eigenvalue weighted by Gasteiger charge is -2.25. The first-order chi connectivity index (χ1) is 10.5. The number of ether oxygens (including phenoxy) is 1. The third-order valence-corrected chi connectivity index (χ3v) is 4.80. The molecule has 0 aliphatic heterocycles. The lowest BCUT2D eigenvalue weighted by atomic mass is 9.89. The Morgan fingerprint density at radius 1 is 1.27 bits per heavy atom. The molecule has 1 fully saturated rings. The Labute approximate surface area is 139 Å². The zero-order valence-electron chi connectivity index (χ0n) is 13.0. The molecule has 22 heavy (non-hydrogen) atoms. The van der Waals surface area contributed by atoms with Gasteiger partial charge in [0, 0.05) is 22.4 Å². The number of carbonyl (C=O) groups is 2. The van der Waals surface area contributed by atoms with Gasteiger partial charge in [-0.1, -0.05) is 28.1 Å². The fraction of sp³-hybridized carbons (Fsp3) is 0.529. The van der Waals surface area contributed by atoms with Crippen molar-refractivity contribution in [3.05, 3.63) is 34.3 Å². The smallest absolute Gasteiger partial charge is 0.306 e. The maximum atomic E-state index is 12.0. The zero-order chi connectivity index (χ0) is 16.2. The molecule has 0 bridgehead atoms. The molecule has 1 aliphatic rings. The number of rotatable bonds is 7. The summed E-state index contributed by atoms with van der Waals surface area (Å²) in [5, 5.41) is 3.03. The van der Waals surface area contributed by atoms with Gasteiger partial charge in [-0.25, -0.2) is 0 Å². The van der Waals surface area contributed by atoms with E-state index in [0.29, 0.717) is 6.61 Å². The molecule has 1 N–H and O–H groups in total. The zero-order valence-corrected chi connectivity index (χ0v) is 14.6. The van der Waals surface area contributed by atoms with E-state index in [1.54, 1.807) is 6.92 Å². The second-order valence-corrected chi connectivity index (χ2v) is 6.67. The van der Waals surface area contributed by atoms with Gasteiger partial charge >= 0.3 is 5.97 Å². The van der Waals surface area contributed by atoms with Crippen molar-refractivity contribution in [2.24, 2.45) is 0 Å². The highest BCUT2D eigenvalue weighted by atomic mass is 79.9. The predicted molar refractivity (Wildman–Crippen MR) is 88.5 cm³/mol. The van der Waals surface area contributed by atoms with Gasteiger partial charge < -0.3 is 10.1 Å². The fourth-order valence-electron chi connectivity index (χ4n) is 2.79. The molecule has 0 spiro atoms. The van der Waals surface area contributed by atoms with Crippen molar-refractivity contribution < 1.29 is 14.3 Å². The average molecular weight is 368 g/mol. The van der Waals surface area contributed by atoms with Gasteiger partial charge in [0.25, 0.3) is 0 Å². The van der Waals surface area contributed by atoms with Crippen molar-refractivity contribution in [3.63, 3.8) is 0 Å². The molecule has 120 valence electrons. The molecule has 0 radical (unpaired) electrons. The highest BCUT2D eigenvalue weighted by Crippen LogP contribution is 2.51. The van der Waals surface area contributed by atoms with E-state index in [9.17, 15) is 9.59 Å². The van der Waals surface area contributed by atoms with Crippen LogP contribution < -0.4 is 5.32 Å². The quantitative estimate of drug-likeness (QED) is 0.752. The minimum atomic E-state index is -0.320. The van der Waals surface area contributed by atoms with Crippen LogP contribution in [0.4, 0.5) is 0 Å². The highest BCUT2D eigenvalue weighted by Gasteiger charge is 2.49. The highest BCUT2D eigenvalue weighted by molar-refractivity contribution is 9.10. The van der Waals surface area contributed by atoms with Crippen LogP contribution in [-0.2, 0) is 19.7 Å². The van der Waals surface area contributed by atoms with Crippen LogP contribution in [0.2, 0.25) is 0 Å². The number of carbonyl (C=O) groups excluding carboxylic acids is 2. The number of benzene rings is 1. The van der Waals surface area contributed by atoms with Gasteiger partial charge in [-0.15, -0.1) is 0 Å². The van der Waals surface area contributed by atoms with E-state index in [1.165, 1.54) is 5.56 Å². The fourth-order valence-corrected chi connectivity index (χ4v) is 3.05. The Balaban J connectivity index is 1.89. The summed E-state index contributed by atoms with van der Waals surface area (Å²) in [4.78, 5) is 23.3. The van der Waals surface area contributed by atoms with E-state index in [2.05, 4.69) is 33.4 Å². The van der Waals surface area contributed by atoms with Crippen molar-refractivity contribution >= 4 is 27.8 Å². The molecule has 2 rings (SSSR count). The second kappa shape index (κ2) is 7.27. The van der Waals surface area contributed by atoms with Gasteiger partial charge in [0.05, 0.1) is 13.0 Å². The van der Waals surface area contributed by atoms with E-state index < -0.39 is 0 Å². The van der Waals surface area contributed by atoms with Gasteiger partial charge in [-0.3, -0.25) is 9.59 Å². The van der Waals surface area contributed by atoms with Crippen LogP contribution in [0.5, 0.6) is 0 Å². The van der Waals surface area contributed by atoms with E-state index in [-0.39, 0.29) is 36.2 Å². The first-order valence-corrected chi connectivity index (χ1v) is 8.48. The molecule has 1 aromatic carbocycles. The average Bonchev–Trinajstić information content (AvgIpc) is 3.28. The van der Waals surface area contributed by atoms with Gasteiger partial charge in [0.2, 0.25) is 5.91 Å². The van der Waals surface area contributed by atoms with Crippen molar-refractivity contribution in [2.75, 3.05) is 6.61 Å². The summed E-state index contributed by atoms with van der Waals surface area (Å²) in [5.41, 5.74) is 1.30. The first-order valence-electron chi connectivity index (χ1n) is 7.69. The molecule has 5 heteroatoms. The third kappa shape index (κ3) is 4.09. The number of amides is 1. The normalized spacial score (nSPS) is 16.7. The van der Waals surface area contributed by atoms with Gasteiger partial charge in [0.1, 0.15) is 0 Å². The minimum Gasteiger partial charge on any atom is -0.466 e. The number of hydrogen-bond donors (Lipinski definition) is 1. The lowest BCUT2D eigenvalue weighted by Crippen LogP contribution is -2.41. The molecule has 1 atom stereocenters. The van der Waals surface area contributed by atoms with Crippen molar-refractivity contribution in [2.45, 2.75) is 51.0 Å². The maximum absolute atomic E-state index is 12.0. The van der Waals surface area contributed by atoms with E-state index in [0.717, 1.165) is 17.3 Å². The van der Waals surface area contributed by atoms with Gasteiger partial charge in [-0.05, 0) is 44.4 Å². The topological polar surface area (TPSA) is 55.4 Å². The summed E-state index contributed by atoms with van der Waals surface area (Å²) in [6.07, 6.45) is 2.47. The predicted octanol–water partition coefficient (Wildman–Crippen LogP) is 3.33. The Bertz CT molecular complexity index is 537. The SMILES string of the molecule is CCOC(=O)CCC(=O)NC(C)C1(c2ccc(Br)cc2)CC1. The maximum Gasteiger partial charge on any atom is 0.306 e. The molecule has 1 aliphatic carbocycles. The van der Waals surface area contributed by atoms with Crippen molar-refractivity contribution in [1.82, 2.24) is 5.32 Å². The summed E-state index contributed by atoms with van der Waals surface area (Å²) in [5.74, 6) is -0.414. The summed E-state index contributed by atoms with van der Waals surface area (Å²) < 4.78 is 5.89. The van der Waals surface area contributed by atoms with Gasteiger partial charge in [-0.2, -0.15) is 0 Å². The summed E-state index contributed by atoms with van der Waals surface area (Å²) in [6.45, 7) is 4.15. The number of halogens is 1. The molecule has 4 nitrogen and oxygen atoms in total. The van der Waals surface area contributed by atoms with Crippen molar-refractivity contribution in [1.29, 1.82) is 0 Å². The summed E-state index contributed by atoms with van der Waals surface area (Å²) in [6, 6.07) is 8.34. The van der Waals surface area contributed by atoms with Crippen molar-refractivity contribution in [3.8, 4) is 0 Å². The molecule has 1 saturated carbocycles. The van der Waals surface area contributed by atoms with Crippen LogP contribution in [0, 0.1) is 0 Å². The third-order valence-electron chi connectivity index (χ3n) is 4.28. The molecule has 1 amide bonds. The van der Waals surface area contributed by atoms with Crippen LogP contribution in [0.3, 0.4) is 0 Å². The Morgan fingerprint density at radius 2 is 1.91 bits per heavy atom. The van der Waals surface area contributed by atoms with Crippen LogP contribution in [-0.4, -0.2) is 24.5 Å². The molecular weight excluding hydrogens is 346 g/mol.